The van der Waals surface area contributed by atoms with Crippen LogP contribution in [-0.4, -0.2) is 46.0 Å². The molecule has 184 valence electrons. The summed E-state index contributed by atoms with van der Waals surface area (Å²) in [4.78, 5) is 17.2. The maximum absolute atomic E-state index is 13.0. The SMILES string of the molecule is C/C=C(\C=C/CCOc1nnc(NC(=O)c2cnc(C)cc2-c2ccccc2OC(F)F)s1)CO. The number of halogens is 2. The van der Waals surface area contributed by atoms with Crippen LogP contribution in [0.4, 0.5) is 13.9 Å². The lowest BCUT2D eigenvalue weighted by atomic mass is 9.99. The third-order valence-electron chi connectivity index (χ3n) is 4.70. The van der Waals surface area contributed by atoms with E-state index in [1.165, 1.54) is 12.3 Å². The molecule has 3 aromatic rings. The standard InChI is InChI=1S/C24H24F2N4O4S/c1-3-16(14-31)8-6-7-11-33-24-30-29-23(35-24)28-21(32)19-13-27-15(2)12-18(19)17-9-4-5-10-20(17)34-22(25)26/h3-6,8-10,12-13,22,31H,7,11,14H2,1-2H3,(H,28,29,32)/b8-6-,16-3+. The van der Waals surface area contributed by atoms with Gasteiger partial charge in [-0.05, 0) is 49.3 Å². The molecular weight excluding hydrogens is 478 g/mol. The van der Waals surface area contributed by atoms with E-state index in [9.17, 15) is 13.6 Å². The fraction of sp³-hybridized carbons (Fsp3) is 0.250. The highest BCUT2D eigenvalue weighted by atomic mass is 32.1. The zero-order valence-electron chi connectivity index (χ0n) is 19.1. The zero-order valence-corrected chi connectivity index (χ0v) is 19.9. The molecule has 0 saturated heterocycles. The van der Waals surface area contributed by atoms with Crippen LogP contribution in [0.1, 0.15) is 29.4 Å². The van der Waals surface area contributed by atoms with Gasteiger partial charge >= 0.3 is 6.61 Å². The number of hydrogen-bond acceptors (Lipinski definition) is 8. The van der Waals surface area contributed by atoms with Crippen molar-refractivity contribution < 1.29 is 28.2 Å². The molecule has 0 fully saturated rings. The summed E-state index contributed by atoms with van der Waals surface area (Å²) in [5.74, 6) is -0.587. The van der Waals surface area contributed by atoms with Gasteiger partial charge < -0.3 is 14.6 Å². The fourth-order valence-corrected chi connectivity index (χ4v) is 3.64. The second-order valence-electron chi connectivity index (χ2n) is 7.13. The van der Waals surface area contributed by atoms with Crippen LogP contribution in [0.2, 0.25) is 0 Å². The summed E-state index contributed by atoms with van der Waals surface area (Å²) in [5.41, 5.74) is 2.29. The number of para-hydroxylation sites is 1. The minimum Gasteiger partial charge on any atom is -0.469 e. The largest absolute Gasteiger partial charge is 0.469 e. The smallest absolute Gasteiger partial charge is 0.387 e. The second-order valence-corrected chi connectivity index (χ2v) is 8.07. The van der Waals surface area contributed by atoms with Gasteiger partial charge in [0.1, 0.15) is 5.75 Å². The lowest BCUT2D eigenvalue weighted by Gasteiger charge is -2.14. The molecule has 0 atom stereocenters. The van der Waals surface area contributed by atoms with Gasteiger partial charge in [-0.2, -0.15) is 8.78 Å². The fourth-order valence-electron chi connectivity index (χ4n) is 3.02. The van der Waals surface area contributed by atoms with Gasteiger partial charge in [0.05, 0.1) is 18.8 Å². The molecule has 0 aliphatic carbocycles. The Hall–Kier alpha value is -3.70. The third-order valence-corrected chi connectivity index (χ3v) is 5.45. The number of rotatable bonds is 11. The summed E-state index contributed by atoms with van der Waals surface area (Å²) in [6, 6.07) is 7.86. The maximum Gasteiger partial charge on any atom is 0.387 e. The van der Waals surface area contributed by atoms with E-state index in [1.54, 1.807) is 31.2 Å². The first-order chi connectivity index (χ1) is 16.9. The molecule has 0 bridgehead atoms. The maximum atomic E-state index is 13.0. The quantitative estimate of drug-likeness (QED) is 0.280. The van der Waals surface area contributed by atoms with E-state index < -0.39 is 12.5 Å². The highest BCUT2D eigenvalue weighted by molar-refractivity contribution is 7.17. The van der Waals surface area contributed by atoms with Crippen LogP contribution in [0.5, 0.6) is 10.9 Å². The van der Waals surface area contributed by atoms with Crippen molar-refractivity contribution in [2.24, 2.45) is 0 Å². The molecule has 0 radical (unpaired) electrons. The van der Waals surface area contributed by atoms with E-state index in [0.717, 1.165) is 16.9 Å². The van der Waals surface area contributed by atoms with Crippen molar-refractivity contribution in [1.82, 2.24) is 15.2 Å². The molecule has 11 heteroatoms. The highest BCUT2D eigenvalue weighted by Crippen LogP contribution is 2.34. The van der Waals surface area contributed by atoms with E-state index in [4.69, 9.17) is 9.84 Å². The number of hydrogen-bond donors (Lipinski definition) is 2. The number of alkyl halides is 2. The Morgan fingerprint density at radius 3 is 2.80 bits per heavy atom. The summed E-state index contributed by atoms with van der Waals surface area (Å²) in [6.45, 7) is 0.875. The van der Waals surface area contributed by atoms with Crippen LogP contribution < -0.4 is 14.8 Å². The highest BCUT2D eigenvalue weighted by Gasteiger charge is 2.20. The van der Waals surface area contributed by atoms with E-state index in [2.05, 4.69) is 25.2 Å². The minimum absolute atomic E-state index is 0.0314. The number of ether oxygens (including phenoxy) is 2. The van der Waals surface area contributed by atoms with Crippen molar-refractivity contribution >= 4 is 22.4 Å². The Kier molecular flexibility index (Phi) is 9.39. The third kappa shape index (κ3) is 7.39. The summed E-state index contributed by atoms with van der Waals surface area (Å²) in [6.07, 6.45) is 7.46. The van der Waals surface area contributed by atoms with Crippen LogP contribution >= 0.6 is 11.3 Å². The molecule has 0 saturated carbocycles. The van der Waals surface area contributed by atoms with Gasteiger partial charge in [0.2, 0.25) is 5.13 Å². The monoisotopic (exact) mass is 502 g/mol. The topological polar surface area (TPSA) is 106 Å². The van der Waals surface area contributed by atoms with Crippen LogP contribution in [-0.2, 0) is 0 Å². The molecule has 3 rings (SSSR count). The number of allylic oxidation sites excluding steroid dienone is 1. The Labute approximate surface area is 205 Å². The number of anilines is 1. The normalized spacial score (nSPS) is 11.8. The number of pyridine rings is 1. The lowest BCUT2D eigenvalue weighted by molar-refractivity contribution is -0.0494. The van der Waals surface area contributed by atoms with Crippen LogP contribution in [0.25, 0.3) is 11.1 Å². The molecule has 0 unspecified atom stereocenters. The molecular formula is C24H24F2N4O4S. The van der Waals surface area contributed by atoms with E-state index >= 15 is 0 Å². The van der Waals surface area contributed by atoms with Crippen molar-refractivity contribution in [2.45, 2.75) is 26.9 Å². The number of aliphatic hydroxyl groups excluding tert-OH is 1. The van der Waals surface area contributed by atoms with Crippen LogP contribution in [0.15, 0.2) is 60.3 Å². The van der Waals surface area contributed by atoms with Gasteiger partial charge in [0, 0.05) is 23.0 Å². The summed E-state index contributed by atoms with van der Waals surface area (Å²) < 4.78 is 36.0. The first-order valence-corrected chi connectivity index (χ1v) is 11.4. The van der Waals surface area contributed by atoms with Gasteiger partial charge in [-0.15, -0.1) is 5.10 Å². The van der Waals surface area contributed by atoms with Crippen molar-refractivity contribution in [3.05, 3.63) is 71.6 Å². The average Bonchev–Trinajstić information content (AvgIpc) is 3.28. The number of aryl methyl sites for hydroxylation is 1. The van der Waals surface area contributed by atoms with E-state index in [0.29, 0.717) is 29.8 Å². The molecule has 0 aliphatic heterocycles. The average molecular weight is 503 g/mol. The number of carbonyl (C=O) groups excluding carboxylic acids is 1. The predicted octanol–water partition coefficient (Wildman–Crippen LogP) is 5.03. The van der Waals surface area contributed by atoms with Gasteiger partial charge in [0.25, 0.3) is 11.1 Å². The molecule has 2 heterocycles. The van der Waals surface area contributed by atoms with Crippen molar-refractivity contribution in [3.63, 3.8) is 0 Å². The summed E-state index contributed by atoms with van der Waals surface area (Å²) >= 11 is 1.05. The summed E-state index contributed by atoms with van der Waals surface area (Å²) in [5, 5.41) is 20.1. The second kappa shape index (κ2) is 12.7. The first-order valence-electron chi connectivity index (χ1n) is 10.6. The van der Waals surface area contributed by atoms with Crippen molar-refractivity contribution in [1.29, 1.82) is 0 Å². The Bertz CT molecular complexity index is 1210. The van der Waals surface area contributed by atoms with E-state index in [1.807, 2.05) is 25.2 Å². The lowest BCUT2D eigenvalue weighted by Crippen LogP contribution is -2.14. The van der Waals surface area contributed by atoms with Crippen LogP contribution in [0.3, 0.4) is 0 Å². The molecule has 35 heavy (non-hydrogen) atoms. The van der Waals surface area contributed by atoms with E-state index in [-0.39, 0.29) is 28.2 Å². The number of amides is 1. The predicted molar refractivity (Wildman–Crippen MR) is 129 cm³/mol. The number of aromatic nitrogens is 3. The first kappa shape index (κ1) is 25.9. The van der Waals surface area contributed by atoms with Gasteiger partial charge in [0.15, 0.2) is 0 Å². The number of carbonyl (C=O) groups is 1. The van der Waals surface area contributed by atoms with Gasteiger partial charge in [-0.3, -0.25) is 15.1 Å². The molecule has 1 amide bonds. The molecule has 0 spiro atoms. The zero-order chi connectivity index (χ0) is 25.2. The minimum atomic E-state index is -3.01. The molecule has 2 N–H and O–H groups in total. The Morgan fingerprint density at radius 2 is 2.06 bits per heavy atom. The van der Waals surface area contributed by atoms with Crippen molar-refractivity contribution in [2.75, 3.05) is 18.5 Å². The number of nitrogens with one attached hydrogen (secondary N) is 1. The molecule has 1 aromatic carbocycles. The molecule has 2 aromatic heterocycles. The van der Waals surface area contributed by atoms with Gasteiger partial charge in [-0.25, -0.2) is 0 Å². The number of nitrogens with zero attached hydrogens (tertiary/aromatic N) is 3. The van der Waals surface area contributed by atoms with Crippen molar-refractivity contribution in [3.8, 4) is 22.1 Å². The Balaban J connectivity index is 1.71. The summed E-state index contributed by atoms with van der Waals surface area (Å²) in [7, 11) is 0. The molecule has 8 nitrogen and oxygen atoms in total. The molecule has 0 aliphatic rings. The van der Waals surface area contributed by atoms with Gasteiger partial charge in [-0.1, -0.05) is 41.5 Å². The number of aliphatic hydroxyl groups is 1. The van der Waals surface area contributed by atoms with Crippen LogP contribution in [0, 0.1) is 6.92 Å². The Morgan fingerprint density at radius 1 is 1.26 bits per heavy atom. The number of benzene rings is 1.